The number of benzene rings is 1. The highest BCUT2D eigenvalue weighted by Crippen LogP contribution is 2.29. The fourth-order valence-corrected chi connectivity index (χ4v) is 2.99. The van der Waals surface area contributed by atoms with E-state index < -0.39 is 0 Å². The fourth-order valence-electron chi connectivity index (χ4n) is 2.99. The Labute approximate surface area is 103 Å². The molecule has 0 heterocycles. The number of aryl methyl sites for hydroxylation is 1. The summed E-state index contributed by atoms with van der Waals surface area (Å²) in [5, 5.41) is 3.44. The van der Waals surface area contributed by atoms with Crippen LogP contribution >= 0.6 is 0 Å². The molecule has 17 heavy (non-hydrogen) atoms. The second-order valence-corrected chi connectivity index (χ2v) is 5.21. The van der Waals surface area contributed by atoms with Gasteiger partial charge in [0, 0.05) is 6.04 Å². The average molecular weight is 235 g/mol. The van der Waals surface area contributed by atoms with E-state index in [0.29, 0.717) is 6.04 Å². The van der Waals surface area contributed by atoms with Crippen LogP contribution in [-0.4, -0.2) is 13.1 Å². The maximum absolute atomic E-state index is 13.1. The summed E-state index contributed by atoms with van der Waals surface area (Å²) in [6, 6.07) is 5.69. The Morgan fingerprint density at radius 3 is 2.65 bits per heavy atom. The zero-order chi connectivity index (χ0) is 12.3. The number of nitrogens with one attached hydrogen (secondary N) is 1. The predicted molar refractivity (Wildman–Crippen MR) is 69.6 cm³/mol. The van der Waals surface area contributed by atoms with Gasteiger partial charge in [-0.15, -0.1) is 0 Å². The molecule has 0 aliphatic heterocycles. The van der Waals surface area contributed by atoms with Gasteiger partial charge in [0.25, 0.3) is 0 Å². The van der Waals surface area contributed by atoms with Gasteiger partial charge in [0.15, 0.2) is 0 Å². The number of hydrogen-bond acceptors (Lipinski definition) is 1. The fraction of sp³-hybridized carbons (Fsp3) is 0.600. The van der Waals surface area contributed by atoms with Crippen LogP contribution in [0.15, 0.2) is 18.2 Å². The molecular formula is C15H22FN. The van der Waals surface area contributed by atoms with Crippen LogP contribution in [0.25, 0.3) is 0 Å². The van der Waals surface area contributed by atoms with Gasteiger partial charge in [0.1, 0.15) is 5.82 Å². The van der Waals surface area contributed by atoms with E-state index in [1.54, 1.807) is 12.1 Å². The molecule has 0 spiro atoms. The molecule has 0 amide bonds. The molecule has 1 atom stereocenters. The molecule has 1 aromatic carbocycles. The zero-order valence-corrected chi connectivity index (χ0v) is 10.8. The minimum absolute atomic E-state index is 0.131. The van der Waals surface area contributed by atoms with Crippen LogP contribution in [0.5, 0.6) is 0 Å². The van der Waals surface area contributed by atoms with Gasteiger partial charge in [-0.1, -0.05) is 18.9 Å². The van der Waals surface area contributed by atoms with Crippen molar-refractivity contribution in [2.24, 2.45) is 5.92 Å². The lowest BCUT2D eigenvalue weighted by atomic mass is 9.91. The summed E-state index contributed by atoms with van der Waals surface area (Å²) in [5.74, 6) is 0.664. The van der Waals surface area contributed by atoms with Crippen molar-refractivity contribution in [3.8, 4) is 0 Å². The maximum Gasteiger partial charge on any atom is 0.123 e. The highest BCUT2D eigenvalue weighted by Gasteiger charge is 2.24. The number of rotatable bonds is 4. The summed E-state index contributed by atoms with van der Waals surface area (Å²) in [6.45, 7) is 2.00. The van der Waals surface area contributed by atoms with E-state index in [-0.39, 0.29) is 5.82 Å². The monoisotopic (exact) mass is 235 g/mol. The Kier molecular flexibility index (Phi) is 4.16. The first kappa shape index (κ1) is 12.6. The van der Waals surface area contributed by atoms with Crippen LogP contribution in [0.2, 0.25) is 0 Å². The van der Waals surface area contributed by atoms with Gasteiger partial charge in [-0.05, 0) is 62.4 Å². The van der Waals surface area contributed by atoms with Crippen molar-refractivity contribution in [3.63, 3.8) is 0 Å². The molecule has 0 saturated heterocycles. The Morgan fingerprint density at radius 1 is 1.35 bits per heavy atom. The van der Waals surface area contributed by atoms with Gasteiger partial charge >= 0.3 is 0 Å². The smallest absolute Gasteiger partial charge is 0.123 e. The molecule has 2 heteroatoms. The topological polar surface area (TPSA) is 12.0 Å². The van der Waals surface area contributed by atoms with E-state index in [0.717, 1.165) is 17.9 Å². The number of hydrogen-bond donors (Lipinski definition) is 1. The number of halogens is 1. The molecule has 1 aliphatic rings. The van der Waals surface area contributed by atoms with Crippen molar-refractivity contribution < 1.29 is 4.39 Å². The SMILES string of the molecule is CNC(Cc1ccc(F)cc1C)C1CCCC1. The zero-order valence-electron chi connectivity index (χ0n) is 10.8. The Bertz CT molecular complexity index is 369. The van der Waals surface area contributed by atoms with Crippen molar-refractivity contribution in [2.75, 3.05) is 7.05 Å². The Balaban J connectivity index is 2.06. The van der Waals surface area contributed by atoms with Crippen LogP contribution in [0, 0.1) is 18.7 Å². The van der Waals surface area contributed by atoms with Crippen molar-refractivity contribution in [1.82, 2.24) is 5.32 Å². The first-order valence-corrected chi connectivity index (χ1v) is 6.63. The summed E-state index contributed by atoms with van der Waals surface area (Å²) < 4.78 is 13.1. The molecular weight excluding hydrogens is 213 g/mol. The normalized spacial score (nSPS) is 18.5. The number of likely N-dealkylation sites (N-methyl/N-ethyl adjacent to an activating group) is 1. The summed E-state index contributed by atoms with van der Waals surface area (Å²) in [7, 11) is 2.04. The predicted octanol–water partition coefficient (Wildman–Crippen LogP) is 3.45. The highest BCUT2D eigenvalue weighted by molar-refractivity contribution is 5.27. The molecule has 1 nitrogen and oxygen atoms in total. The molecule has 2 rings (SSSR count). The molecule has 1 aromatic rings. The van der Waals surface area contributed by atoms with Crippen LogP contribution in [-0.2, 0) is 6.42 Å². The lowest BCUT2D eigenvalue weighted by Gasteiger charge is -2.23. The van der Waals surface area contributed by atoms with E-state index in [9.17, 15) is 4.39 Å². The molecule has 0 bridgehead atoms. The Morgan fingerprint density at radius 2 is 2.06 bits per heavy atom. The van der Waals surface area contributed by atoms with Gasteiger partial charge < -0.3 is 5.32 Å². The van der Waals surface area contributed by atoms with Crippen LogP contribution in [0.1, 0.15) is 36.8 Å². The molecule has 1 unspecified atom stereocenters. The van der Waals surface area contributed by atoms with Crippen LogP contribution < -0.4 is 5.32 Å². The summed E-state index contributed by atoms with van der Waals surface area (Å²) in [6.07, 6.45) is 6.43. The van der Waals surface area contributed by atoms with Gasteiger partial charge in [-0.3, -0.25) is 0 Å². The van der Waals surface area contributed by atoms with Crippen molar-refractivity contribution >= 4 is 0 Å². The van der Waals surface area contributed by atoms with Crippen molar-refractivity contribution in [2.45, 2.75) is 45.1 Å². The van der Waals surface area contributed by atoms with Crippen LogP contribution in [0.3, 0.4) is 0 Å². The molecule has 94 valence electrons. The van der Waals surface area contributed by atoms with E-state index in [2.05, 4.69) is 5.32 Å². The van der Waals surface area contributed by atoms with Gasteiger partial charge in [0.05, 0.1) is 0 Å². The third kappa shape index (κ3) is 3.06. The van der Waals surface area contributed by atoms with Gasteiger partial charge in [-0.2, -0.15) is 0 Å². The second kappa shape index (κ2) is 5.63. The van der Waals surface area contributed by atoms with Gasteiger partial charge in [-0.25, -0.2) is 4.39 Å². The van der Waals surface area contributed by atoms with E-state index in [4.69, 9.17) is 0 Å². The Hall–Kier alpha value is -0.890. The molecule has 1 aliphatic carbocycles. The molecule has 0 aromatic heterocycles. The summed E-state index contributed by atoms with van der Waals surface area (Å²) >= 11 is 0. The van der Waals surface area contributed by atoms with E-state index >= 15 is 0 Å². The van der Waals surface area contributed by atoms with Crippen molar-refractivity contribution in [3.05, 3.63) is 35.1 Å². The average Bonchev–Trinajstić information content (AvgIpc) is 2.81. The first-order chi connectivity index (χ1) is 8.20. The molecule has 1 saturated carbocycles. The second-order valence-electron chi connectivity index (χ2n) is 5.21. The largest absolute Gasteiger partial charge is 0.316 e. The third-order valence-electron chi connectivity index (χ3n) is 4.08. The standard InChI is InChI=1S/C15H22FN/c1-11-9-14(16)8-7-13(11)10-15(17-2)12-5-3-4-6-12/h7-9,12,15,17H,3-6,10H2,1-2H3. The van der Waals surface area contributed by atoms with Gasteiger partial charge in [0.2, 0.25) is 0 Å². The van der Waals surface area contributed by atoms with Crippen molar-refractivity contribution in [1.29, 1.82) is 0 Å². The minimum Gasteiger partial charge on any atom is -0.316 e. The summed E-state index contributed by atoms with van der Waals surface area (Å²) in [5.41, 5.74) is 2.35. The molecule has 1 N–H and O–H groups in total. The van der Waals surface area contributed by atoms with E-state index in [1.807, 2.05) is 20.0 Å². The van der Waals surface area contributed by atoms with E-state index in [1.165, 1.54) is 31.2 Å². The minimum atomic E-state index is -0.131. The lowest BCUT2D eigenvalue weighted by Crippen LogP contribution is -2.34. The molecule has 0 radical (unpaired) electrons. The molecule has 1 fully saturated rings. The highest BCUT2D eigenvalue weighted by atomic mass is 19.1. The first-order valence-electron chi connectivity index (χ1n) is 6.63. The third-order valence-corrected chi connectivity index (χ3v) is 4.08. The quantitative estimate of drug-likeness (QED) is 0.842. The van der Waals surface area contributed by atoms with Crippen LogP contribution in [0.4, 0.5) is 4.39 Å². The lowest BCUT2D eigenvalue weighted by molar-refractivity contribution is 0.376. The maximum atomic E-state index is 13.1. The summed E-state index contributed by atoms with van der Waals surface area (Å²) in [4.78, 5) is 0.